The maximum Gasteiger partial charge on any atom is 0.316 e. The summed E-state index contributed by atoms with van der Waals surface area (Å²) in [6.07, 6.45) is 6.41. The van der Waals surface area contributed by atoms with Gasteiger partial charge in [-0.1, -0.05) is 6.58 Å². The highest BCUT2D eigenvalue weighted by atomic mass is 16.5. The second kappa shape index (κ2) is 7.68. The van der Waals surface area contributed by atoms with Crippen LogP contribution < -0.4 is 21.5 Å². The predicted molar refractivity (Wildman–Crippen MR) is 93.3 cm³/mol. The van der Waals surface area contributed by atoms with Gasteiger partial charge >= 0.3 is 6.03 Å². The number of nitrogens with two attached hydrogens (primary N) is 2. The van der Waals surface area contributed by atoms with Gasteiger partial charge in [-0.15, -0.1) is 0 Å². The molecule has 0 bridgehead atoms. The van der Waals surface area contributed by atoms with Crippen molar-refractivity contribution >= 4 is 11.6 Å². The number of allylic oxidation sites excluding steroid dienone is 3. The summed E-state index contributed by atoms with van der Waals surface area (Å²) >= 11 is 0. The van der Waals surface area contributed by atoms with Crippen molar-refractivity contribution in [2.45, 2.75) is 0 Å². The molecule has 2 aromatic rings. The van der Waals surface area contributed by atoms with Gasteiger partial charge in [-0.25, -0.2) is 9.48 Å². The first-order valence-corrected chi connectivity index (χ1v) is 7.09. The number of rotatable bonds is 6. The average molecular weight is 325 g/mol. The molecule has 1 aromatic heterocycles. The minimum absolute atomic E-state index is 0.345. The van der Waals surface area contributed by atoms with E-state index in [2.05, 4.69) is 17.0 Å². The molecule has 0 radical (unpaired) electrons. The van der Waals surface area contributed by atoms with Crippen LogP contribution in [-0.4, -0.2) is 22.9 Å². The number of hydrogen-bond donors (Lipinski definition) is 3. The third-order valence-corrected chi connectivity index (χ3v) is 3.14. The second-order valence-electron chi connectivity index (χ2n) is 4.80. The van der Waals surface area contributed by atoms with E-state index in [0.717, 1.165) is 17.1 Å². The summed E-state index contributed by atoms with van der Waals surface area (Å²) in [5, 5.41) is 6.75. The molecule has 1 heterocycles. The van der Waals surface area contributed by atoms with Crippen LogP contribution in [0.2, 0.25) is 0 Å². The number of nitrogens with zero attached hydrogens (tertiary/aromatic N) is 2. The molecule has 0 saturated heterocycles. The summed E-state index contributed by atoms with van der Waals surface area (Å²) < 4.78 is 6.90. The molecule has 0 unspecified atom stereocenters. The van der Waals surface area contributed by atoms with Gasteiger partial charge in [-0.2, -0.15) is 5.10 Å². The lowest BCUT2D eigenvalue weighted by molar-refractivity contribution is 0.251. The van der Waals surface area contributed by atoms with Crippen LogP contribution in [0.1, 0.15) is 5.69 Å². The Labute approximate surface area is 139 Å². The molecule has 7 heteroatoms. The quantitative estimate of drug-likeness (QED) is 0.705. The third kappa shape index (κ3) is 4.04. The van der Waals surface area contributed by atoms with E-state index in [1.165, 1.54) is 6.20 Å². The molecular weight excluding hydrogens is 306 g/mol. The van der Waals surface area contributed by atoms with Crippen LogP contribution in [0.5, 0.6) is 5.75 Å². The molecule has 0 fully saturated rings. The maximum absolute atomic E-state index is 10.9. The monoisotopic (exact) mass is 325 g/mol. The molecule has 2 amide bonds. The number of nitrogens with one attached hydrogen (secondary N) is 1. The molecule has 0 spiro atoms. The number of ether oxygens (including phenoxy) is 1. The molecule has 0 atom stereocenters. The Morgan fingerprint density at radius 3 is 2.62 bits per heavy atom. The molecular formula is C17H19N5O2. The van der Waals surface area contributed by atoms with Crippen LogP contribution in [-0.2, 0) is 0 Å². The van der Waals surface area contributed by atoms with Gasteiger partial charge in [0, 0.05) is 11.3 Å². The number of carbonyl (C=O) groups is 1. The first-order valence-electron chi connectivity index (χ1n) is 7.09. The largest absolute Gasteiger partial charge is 0.497 e. The van der Waals surface area contributed by atoms with Gasteiger partial charge < -0.3 is 21.5 Å². The summed E-state index contributed by atoms with van der Waals surface area (Å²) in [6, 6.07) is 8.60. The van der Waals surface area contributed by atoms with Crippen molar-refractivity contribution in [3.8, 4) is 11.4 Å². The number of carbonyl (C=O) groups excluding carboxylic acids is 1. The van der Waals surface area contributed by atoms with Crippen LogP contribution in [0.4, 0.5) is 4.79 Å². The first-order chi connectivity index (χ1) is 11.5. The number of urea groups is 1. The number of amides is 2. The SMILES string of the molecule is C=C(/C=C(\C=C/N)c1ccnn1-c1ccc(OC)cc1)NC(N)=O. The molecule has 0 aliphatic rings. The van der Waals surface area contributed by atoms with Gasteiger partial charge in [0.15, 0.2) is 0 Å². The number of primary amides is 1. The molecule has 0 saturated carbocycles. The van der Waals surface area contributed by atoms with Gasteiger partial charge in [0.1, 0.15) is 5.75 Å². The lowest BCUT2D eigenvalue weighted by Crippen LogP contribution is -2.27. The van der Waals surface area contributed by atoms with Crippen LogP contribution in [0.25, 0.3) is 11.3 Å². The highest BCUT2D eigenvalue weighted by Gasteiger charge is 2.09. The standard InChI is InChI=1S/C17H19N5O2/c1-12(21-17(19)23)11-13(7-9-18)16-8-10-20-22(16)14-3-5-15(24-2)6-4-14/h3-11H,1,18H2,2H3,(H3,19,21,23)/b9-7-,13-11+. The Morgan fingerprint density at radius 2 is 2.04 bits per heavy atom. The van der Waals surface area contributed by atoms with Gasteiger partial charge in [0.2, 0.25) is 0 Å². The fraction of sp³-hybridized carbons (Fsp3) is 0.0588. The van der Waals surface area contributed by atoms with Crippen molar-refractivity contribution < 1.29 is 9.53 Å². The van der Waals surface area contributed by atoms with E-state index < -0.39 is 6.03 Å². The Balaban J connectivity index is 2.42. The van der Waals surface area contributed by atoms with Gasteiger partial charge in [0.25, 0.3) is 0 Å². The van der Waals surface area contributed by atoms with E-state index in [4.69, 9.17) is 16.2 Å². The van der Waals surface area contributed by atoms with Crippen molar-refractivity contribution in [1.29, 1.82) is 0 Å². The average Bonchev–Trinajstić information content (AvgIpc) is 3.03. The Hall–Kier alpha value is -3.48. The highest BCUT2D eigenvalue weighted by molar-refractivity contribution is 5.78. The summed E-state index contributed by atoms with van der Waals surface area (Å²) in [6.45, 7) is 3.74. The summed E-state index contributed by atoms with van der Waals surface area (Å²) in [7, 11) is 1.61. The molecule has 2 rings (SSSR count). The molecule has 0 aliphatic carbocycles. The lowest BCUT2D eigenvalue weighted by atomic mass is 10.1. The van der Waals surface area contributed by atoms with Crippen LogP contribution >= 0.6 is 0 Å². The van der Waals surface area contributed by atoms with E-state index in [0.29, 0.717) is 11.3 Å². The molecule has 7 nitrogen and oxygen atoms in total. The van der Waals surface area contributed by atoms with E-state index >= 15 is 0 Å². The van der Waals surface area contributed by atoms with Crippen molar-refractivity contribution in [1.82, 2.24) is 15.1 Å². The summed E-state index contributed by atoms with van der Waals surface area (Å²) in [5.74, 6) is 0.754. The zero-order chi connectivity index (χ0) is 17.5. The molecule has 24 heavy (non-hydrogen) atoms. The topological polar surface area (TPSA) is 108 Å². The minimum Gasteiger partial charge on any atom is -0.497 e. The number of aromatic nitrogens is 2. The highest BCUT2D eigenvalue weighted by Crippen LogP contribution is 2.22. The second-order valence-corrected chi connectivity index (χ2v) is 4.80. The zero-order valence-corrected chi connectivity index (χ0v) is 13.3. The Kier molecular flexibility index (Phi) is 5.40. The number of methoxy groups -OCH3 is 1. The Morgan fingerprint density at radius 1 is 1.33 bits per heavy atom. The van der Waals surface area contributed by atoms with Gasteiger partial charge in [-0.05, 0) is 48.7 Å². The van der Waals surface area contributed by atoms with E-state index in [1.54, 1.807) is 30.1 Å². The Bertz CT molecular complexity index is 788. The van der Waals surface area contributed by atoms with E-state index in [1.807, 2.05) is 30.3 Å². The van der Waals surface area contributed by atoms with E-state index in [-0.39, 0.29) is 0 Å². The number of benzene rings is 1. The molecule has 5 N–H and O–H groups in total. The molecule has 1 aromatic carbocycles. The normalized spacial score (nSPS) is 11.5. The van der Waals surface area contributed by atoms with Gasteiger partial charge in [-0.3, -0.25) is 0 Å². The fourth-order valence-electron chi connectivity index (χ4n) is 2.14. The van der Waals surface area contributed by atoms with Crippen LogP contribution in [0.15, 0.2) is 67.2 Å². The fourth-order valence-corrected chi connectivity index (χ4v) is 2.14. The van der Waals surface area contributed by atoms with Gasteiger partial charge in [0.05, 0.1) is 24.7 Å². The van der Waals surface area contributed by atoms with Crippen molar-refractivity contribution in [2.75, 3.05) is 7.11 Å². The minimum atomic E-state index is -0.684. The maximum atomic E-state index is 10.9. The van der Waals surface area contributed by atoms with Crippen molar-refractivity contribution in [3.05, 3.63) is 72.9 Å². The lowest BCUT2D eigenvalue weighted by Gasteiger charge is -2.10. The molecule has 124 valence electrons. The summed E-state index contributed by atoms with van der Waals surface area (Å²) in [5.41, 5.74) is 13.3. The van der Waals surface area contributed by atoms with Crippen molar-refractivity contribution in [2.24, 2.45) is 11.5 Å². The summed E-state index contributed by atoms with van der Waals surface area (Å²) in [4.78, 5) is 10.9. The van der Waals surface area contributed by atoms with Crippen molar-refractivity contribution in [3.63, 3.8) is 0 Å². The third-order valence-electron chi connectivity index (χ3n) is 3.14. The predicted octanol–water partition coefficient (Wildman–Crippen LogP) is 1.92. The van der Waals surface area contributed by atoms with E-state index in [9.17, 15) is 4.79 Å². The van der Waals surface area contributed by atoms with Crippen LogP contribution in [0, 0.1) is 0 Å². The first kappa shape index (κ1) is 16.9. The smallest absolute Gasteiger partial charge is 0.316 e. The number of hydrogen-bond acceptors (Lipinski definition) is 4. The van der Waals surface area contributed by atoms with Crippen LogP contribution in [0.3, 0.4) is 0 Å². The zero-order valence-electron chi connectivity index (χ0n) is 13.3. The molecule has 0 aliphatic heterocycles.